The smallest absolute Gasteiger partial charge is 0.255 e. The Labute approximate surface area is 179 Å². The van der Waals surface area contributed by atoms with Gasteiger partial charge in [0.2, 0.25) is 10.0 Å². The summed E-state index contributed by atoms with van der Waals surface area (Å²) in [7, 11) is 0.0630. The van der Waals surface area contributed by atoms with E-state index in [1.165, 1.54) is 4.31 Å². The Balaban J connectivity index is 1.75. The molecule has 1 aliphatic rings. The minimum absolute atomic E-state index is 0.00214. The van der Waals surface area contributed by atoms with Gasteiger partial charge in [-0.1, -0.05) is 0 Å². The number of likely N-dealkylation sites (tertiary alicyclic amines) is 1. The van der Waals surface area contributed by atoms with Crippen LogP contribution in [0.4, 0.5) is 0 Å². The molecule has 0 unspecified atom stereocenters. The van der Waals surface area contributed by atoms with Gasteiger partial charge in [0.05, 0.1) is 18.4 Å². The zero-order valence-electron chi connectivity index (χ0n) is 18.4. The van der Waals surface area contributed by atoms with Crippen LogP contribution in [0.15, 0.2) is 30.3 Å². The van der Waals surface area contributed by atoms with E-state index in [4.69, 9.17) is 4.74 Å². The van der Waals surface area contributed by atoms with Crippen molar-refractivity contribution in [2.45, 2.75) is 39.7 Å². The molecule has 0 spiro atoms. The standard InChI is InChI=1S/C22H31N3O4S/c1-6-30(27,28)23(4)18-11-13-24(14-12-18)22(26)21-15-16(2)25(17(21)3)19-7-9-20(29-5)10-8-19/h7-10,15,18H,6,11-14H2,1-5H3. The number of methoxy groups -OCH3 is 1. The van der Waals surface area contributed by atoms with Crippen molar-refractivity contribution >= 4 is 15.9 Å². The topological polar surface area (TPSA) is 71.9 Å². The number of carbonyl (C=O) groups is 1. The van der Waals surface area contributed by atoms with Crippen LogP contribution in [0.3, 0.4) is 0 Å². The van der Waals surface area contributed by atoms with E-state index in [9.17, 15) is 13.2 Å². The molecule has 30 heavy (non-hydrogen) atoms. The zero-order chi connectivity index (χ0) is 22.1. The van der Waals surface area contributed by atoms with Gasteiger partial charge in [-0.2, -0.15) is 0 Å². The van der Waals surface area contributed by atoms with Crippen LogP contribution in [0.5, 0.6) is 5.75 Å². The third-order valence-corrected chi connectivity index (χ3v) is 7.97. The van der Waals surface area contributed by atoms with Gasteiger partial charge in [0, 0.05) is 43.3 Å². The Morgan fingerprint density at radius 2 is 1.77 bits per heavy atom. The number of amides is 1. The first-order valence-corrected chi connectivity index (χ1v) is 11.9. The van der Waals surface area contributed by atoms with Crippen LogP contribution < -0.4 is 4.74 Å². The van der Waals surface area contributed by atoms with Crippen molar-refractivity contribution in [2.75, 3.05) is 33.0 Å². The number of hydrogen-bond donors (Lipinski definition) is 0. The van der Waals surface area contributed by atoms with Crippen molar-refractivity contribution in [3.8, 4) is 11.4 Å². The molecule has 0 aliphatic carbocycles. The molecule has 7 nitrogen and oxygen atoms in total. The molecular weight excluding hydrogens is 402 g/mol. The van der Waals surface area contributed by atoms with E-state index in [2.05, 4.69) is 4.57 Å². The lowest BCUT2D eigenvalue weighted by Crippen LogP contribution is -2.47. The number of nitrogens with zero attached hydrogens (tertiary/aromatic N) is 3. The van der Waals surface area contributed by atoms with Crippen LogP contribution in [-0.4, -0.2) is 67.1 Å². The van der Waals surface area contributed by atoms with Gasteiger partial charge in [0.15, 0.2) is 0 Å². The van der Waals surface area contributed by atoms with Gasteiger partial charge in [0.1, 0.15) is 5.75 Å². The summed E-state index contributed by atoms with van der Waals surface area (Å²) < 4.78 is 33.0. The predicted octanol–water partition coefficient (Wildman–Crippen LogP) is 2.99. The summed E-state index contributed by atoms with van der Waals surface area (Å²) in [5.41, 5.74) is 3.56. The van der Waals surface area contributed by atoms with E-state index in [-0.39, 0.29) is 17.7 Å². The lowest BCUT2D eigenvalue weighted by atomic mass is 10.0. The fourth-order valence-electron chi connectivity index (χ4n) is 4.14. The van der Waals surface area contributed by atoms with Crippen molar-refractivity contribution in [3.63, 3.8) is 0 Å². The molecule has 0 bridgehead atoms. The van der Waals surface area contributed by atoms with Crippen molar-refractivity contribution < 1.29 is 17.9 Å². The molecule has 164 valence electrons. The van der Waals surface area contributed by atoms with E-state index >= 15 is 0 Å². The molecule has 1 aromatic heterocycles. The van der Waals surface area contributed by atoms with Gasteiger partial charge < -0.3 is 14.2 Å². The number of benzene rings is 1. The average molecular weight is 434 g/mol. The molecule has 1 saturated heterocycles. The summed E-state index contributed by atoms with van der Waals surface area (Å²) in [5, 5.41) is 0. The van der Waals surface area contributed by atoms with Crippen molar-refractivity contribution in [2.24, 2.45) is 0 Å². The normalized spacial score (nSPS) is 15.6. The lowest BCUT2D eigenvalue weighted by Gasteiger charge is -2.36. The Morgan fingerprint density at radius 1 is 1.17 bits per heavy atom. The maximum absolute atomic E-state index is 13.2. The second-order valence-corrected chi connectivity index (χ2v) is 10.1. The molecule has 1 amide bonds. The largest absolute Gasteiger partial charge is 0.497 e. The molecule has 8 heteroatoms. The Kier molecular flexibility index (Phi) is 6.57. The molecular formula is C22H31N3O4S. The van der Waals surface area contributed by atoms with Gasteiger partial charge in [-0.05, 0) is 63.9 Å². The Hall–Kier alpha value is -2.32. The van der Waals surface area contributed by atoms with Gasteiger partial charge in [-0.25, -0.2) is 12.7 Å². The van der Waals surface area contributed by atoms with Crippen LogP contribution in [0.2, 0.25) is 0 Å². The Bertz CT molecular complexity index is 1000. The van der Waals surface area contributed by atoms with Crippen LogP contribution in [0, 0.1) is 13.8 Å². The highest BCUT2D eigenvalue weighted by Crippen LogP contribution is 2.26. The molecule has 0 N–H and O–H groups in total. The zero-order valence-corrected chi connectivity index (χ0v) is 19.2. The molecule has 1 aliphatic heterocycles. The second-order valence-electron chi connectivity index (χ2n) is 7.76. The number of rotatable bonds is 6. The number of aromatic nitrogens is 1. The van der Waals surface area contributed by atoms with Crippen LogP contribution >= 0.6 is 0 Å². The van der Waals surface area contributed by atoms with Gasteiger partial charge in [-0.3, -0.25) is 4.79 Å². The first-order valence-electron chi connectivity index (χ1n) is 10.3. The summed E-state index contributed by atoms with van der Waals surface area (Å²) in [4.78, 5) is 15.0. The van der Waals surface area contributed by atoms with E-state index in [0.29, 0.717) is 31.5 Å². The maximum atomic E-state index is 13.2. The van der Waals surface area contributed by atoms with E-state index in [1.54, 1.807) is 21.1 Å². The van der Waals surface area contributed by atoms with Crippen LogP contribution in [0.1, 0.15) is 41.5 Å². The maximum Gasteiger partial charge on any atom is 0.255 e. The average Bonchev–Trinajstić information content (AvgIpc) is 3.06. The van der Waals surface area contributed by atoms with Crippen molar-refractivity contribution in [1.82, 2.24) is 13.8 Å². The van der Waals surface area contributed by atoms with Crippen LogP contribution in [0.25, 0.3) is 5.69 Å². The number of carbonyl (C=O) groups excluding carboxylic acids is 1. The minimum Gasteiger partial charge on any atom is -0.497 e. The highest BCUT2D eigenvalue weighted by molar-refractivity contribution is 7.89. The molecule has 2 aromatic rings. The molecule has 2 heterocycles. The van der Waals surface area contributed by atoms with E-state index in [1.807, 2.05) is 49.1 Å². The molecule has 1 aromatic carbocycles. The first-order chi connectivity index (χ1) is 14.2. The number of aryl methyl sites for hydroxylation is 1. The fourth-order valence-corrected chi connectivity index (χ4v) is 5.21. The van der Waals surface area contributed by atoms with Gasteiger partial charge >= 0.3 is 0 Å². The highest BCUT2D eigenvalue weighted by atomic mass is 32.2. The molecule has 0 saturated carbocycles. The summed E-state index contributed by atoms with van der Waals surface area (Å²) in [6, 6.07) is 9.64. The predicted molar refractivity (Wildman–Crippen MR) is 118 cm³/mol. The van der Waals surface area contributed by atoms with Gasteiger partial charge in [-0.15, -0.1) is 0 Å². The van der Waals surface area contributed by atoms with Crippen molar-refractivity contribution in [1.29, 1.82) is 0 Å². The third kappa shape index (κ3) is 4.25. The molecule has 0 atom stereocenters. The van der Waals surface area contributed by atoms with E-state index < -0.39 is 10.0 Å². The SMILES string of the molecule is CCS(=O)(=O)N(C)C1CCN(C(=O)c2cc(C)n(-c3ccc(OC)cc3)c2C)CC1. The number of sulfonamides is 1. The third-order valence-electron chi connectivity index (χ3n) is 6.06. The number of hydrogen-bond acceptors (Lipinski definition) is 4. The summed E-state index contributed by atoms with van der Waals surface area (Å²) in [5.74, 6) is 0.887. The lowest BCUT2D eigenvalue weighted by molar-refractivity contribution is 0.0685. The van der Waals surface area contributed by atoms with E-state index in [0.717, 1.165) is 22.8 Å². The number of piperidine rings is 1. The summed E-state index contributed by atoms with van der Waals surface area (Å²) in [6.45, 7) is 6.71. The van der Waals surface area contributed by atoms with Gasteiger partial charge in [0.25, 0.3) is 5.91 Å². The first kappa shape index (κ1) is 22.4. The molecule has 0 radical (unpaired) electrons. The summed E-state index contributed by atoms with van der Waals surface area (Å²) >= 11 is 0. The highest BCUT2D eigenvalue weighted by Gasteiger charge is 2.31. The quantitative estimate of drug-likeness (QED) is 0.702. The van der Waals surface area contributed by atoms with Crippen LogP contribution in [-0.2, 0) is 10.0 Å². The summed E-state index contributed by atoms with van der Waals surface area (Å²) in [6.07, 6.45) is 1.30. The Morgan fingerprint density at radius 3 is 2.30 bits per heavy atom. The number of ether oxygens (including phenoxy) is 1. The van der Waals surface area contributed by atoms with Crippen molar-refractivity contribution in [3.05, 3.63) is 47.3 Å². The fraction of sp³-hybridized carbons (Fsp3) is 0.500. The monoisotopic (exact) mass is 433 g/mol. The molecule has 3 rings (SSSR count). The second kappa shape index (κ2) is 8.81. The minimum atomic E-state index is -3.21. The molecule has 1 fully saturated rings.